The van der Waals surface area contributed by atoms with Crippen molar-refractivity contribution in [1.82, 2.24) is 0 Å². The number of nitro groups is 1. The van der Waals surface area contributed by atoms with Crippen LogP contribution in [0.5, 0.6) is 11.5 Å². The van der Waals surface area contributed by atoms with Gasteiger partial charge in [0.2, 0.25) is 0 Å². The molecule has 21 heavy (non-hydrogen) atoms. The average molecular weight is 306 g/mol. The van der Waals surface area contributed by atoms with E-state index in [9.17, 15) is 14.9 Å². The predicted molar refractivity (Wildman–Crippen MR) is 79.5 cm³/mol. The van der Waals surface area contributed by atoms with E-state index in [-0.39, 0.29) is 11.3 Å². The van der Waals surface area contributed by atoms with Crippen LogP contribution in [0.25, 0.3) is 0 Å². The van der Waals surface area contributed by atoms with Crippen molar-refractivity contribution in [3.63, 3.8) is 0 Å². The van der Waals surface area contributed by atoms with Crippen LogP contribution in [0.1, 0.15) is 21.5 Å². The van der Waals surface area contributed by atoms with Crippen molar-refractivity contribution >= 4 is 23.6 Å². The Morgan fingerprint density at radius 1 is 1.14 bits per heavy atom. The minimum absolute atomic E-state index is 0.0304. The standard InChI is InChI=1S/C15H12ClNO4/c1-9-5-10(2)15(7-13(9)17(19)20)21-14-4-3-12(16)6-11(14)8-18/h3-8H,1-2H3. The predicted octanol–water partition coefficient (Wildman–Crippen LogP) is 4.47. The summed E-state index contributed by atoms with van der Waals surface area (Å²) in [7, 11) is 0. The zero-order valence-electron chi connectivity index (χ0n) is 11.4. The lowest BCUT2D eigenvalue weighted by Gasteiger charge is -2.11. The number of carbonyl (C=O) groups excluding carboxylic acids is 1. The number of nitro benzene ring substituents is 1. The summed E-state index contributed by atoms with van der Waals surface area (Å²) in [5.41, 5.74) is 1.55. The van der Waals surface area contributed by atoms with Crippen LogP contribution in [0.2, 0.25) is 5.02 Å². The molecule has 0 aliphatic rings. The van der Waals surface area contributed by atoms with E-state index in [1.165, 1.54) is 12.1 Å². The molecule has 0 aliphatic carbocycles. The van der Waals surface area contributed by atoms with Gasteiger partial charge in [-0.3, -0.25) is 14.9 Å². The number of halogens is 1. The van der Waals surface area contributed by atoms with E-state index in [2.05, 4.69) is 0 Å². The lowest BCUT2D eigenvalue weighted by molar-refractivity contribution is -0.385. The van der Waals surface area contributed by atoms with Gasteiger partial charge in [0.25, 0.3) is 5.69 Å². The molecule has 0 aromatic heterocycles. The van der Waals surface area contributed by atoms with E-state index in [0.29, 0.717) is 28.4 Å². The van der Waals surface area contributed by atoms with Gasteiger partial charge in [-0.2, -0.15) is 0 Å². The molecule has 0 N–H and O–H groups in total. The van der Waals surface area contributed by atoms with Crippen molar-refractivity contribution in [2.45, 2.75) is 13.8 Å². The zero-order chi connectivity index (χ0) is 15.6. The number of rotatable bonds is 4. The highest BCUT2D eigenvalue weighted by Crippen LogP contribution is 2.33. The van der Waals surface area contributed by atoms with Gasteiger partial charge in [-0.25, -0.2) is 0 Å². The smallest absolute Gasteiger partial charge is 0.276 e. The van der Waals surface area contributed by atoms with Crippen LogP contribution in [0, 0.1) is 24.0 Å². The molecule has 0 fully saturated rings. The molecule has 0 aliphatic heterocycles. The van der Waals surface area contributed by atoms with Crippen LogP contribution >= 0.6 is 11.6 Å². The summed E-state index contributed by atoms with van der Waals surface area (Å²) in [5.74, 6) is 0.633. The van der Waals surface area contributed by atoms with Crippen LogP contribution in [-0.4, -0.2) is 11.2 Å². The fourth-order valence-corrected chi connectivity index (χ4v) is 2.13. The molecule has 0 heterocycles. The quantitative estimate of drug-likeness (QED) is 0.475. The Balaban J connectivity index is 2.47. The third-order valence-electron chi connectivity index (χ3n) is 3.01. The molecule has 0 radical (unpaired) electrons. The van der Waals surface area contributed by atoms with Crippen LogP contribution in [0.15, 0.2) is 30.3 Å². The molecule has 0 saturated carbocycles. The maximum Gasteiger partial charge on any atom is 0.276 e. The second kappa shape index (κ2) is 5.93. The Labute approximate surface area is 126 Å². The molecule has 0 unspecified atom stereocenters. The fraction of sp³-hybridized carbons (Fsp3) is 0.133. The number of hydrogen-bond acceptors (Lipinski definition) is 4. The highest BCUT2D eigenvalue weighted by molar-refractivity contribution is 6.30. The van der Waals surface area contributed by atoms with Crippen molar-refractivity contribution in [2.24, 2.45) is 0 Å². The maximum atomic E-state index is 11.0. The van der Waals surface area contributed by atoms with E-state index >= 15 is 0 Å². The molecule has 2 rings (SSSR count). The second-order valence-electron chi connectivity index (χ2n) is 4.56. The first kappa shape index (κ1) is 15.0. The summed E-state index contributed by atoms with van der Waals surface area (Å²) in [6.07, 6.45) is 0.624. The third-order valence-corrected chi connectivity index (χ3v) is 3.24. The molecule has 5 nitrogen and oxygen atoms in total. The Kier molecular flexibility index (Phi) is 4.23. The monoisotopic (exact) mass is 305 g/mol. The average Bonchev–Trinajstić information content (AvgIpc) is 2.42. The van der Waals surface area contributed by atoms with Crippen LogP contribution in [0.3, 0.4) is 0 Å². The largest absolute Gasteiger partial charge is 0.456 e. The number of hydrogen-bond donors (Lipinski definition) is 0. The van der Waals surface area contributed by atoms with Gasteiger partial charge >= 0.3 is 0 Å². The topological polar surface area (TPSA) is 69.4 Å². The van der Waals surface area contributed by atoms with Crippen molar-refractivity contribution in [3.8, 4) is 11.5 Å². The first-order valence-corrected chi connectivity index (χ1v) is 6.48. The molecule has 108 valence electrons. The van der Waals surface area contributed by atoms with Gasteiger partial charge in [-0.05, 0) is 43.7 Å². The number of aryl methyl sites for hydroxylation is 2. The van der Waals surface area contributed by atoms with Crippen molar-refractivity contribution < 1.29 is 14.5 Å². The summed E-state index contributed by atoms with van der Waals surface area (Å²) in [6.45, 7) is 3.44. The third kappa shape index (κ3) is 3.20. The summed E-state index contributed by atoms with van der Waals surface area (Å²) < 4.78 is 5.64. The molecule has 0 amide bonds. The number of benzene rings is 2. The highest BCUT2D eigenvalue weighted by atomic mass is 35.5. The molecule has 0 bridgehead atoms. The number of ether oxygens (including phenoxy) is 1. The van der Waals surface area contributed by atoms with Gasteiger partial charge < -0.3 is 4.74 Å². The van der Waals surface area contributed by atoms with Gasteiger partial charge in [-0.1, -0.05) is 11.6 Å². The van der Waals surface area contributed by atoms with Gasteiger partial charge in [0.15, 0.2) is 6.29 Å². The van der Waals surface area contributed by atoms with E-state index < -0.39 is 4.92 Å². The Morgan fingerprint density at radius 3 is 2.48 bits per heavy atom. The molecule has 0 atom stereocenters. The SMILES string of the molecule is Cc1cc(C)c([N+](=O)[O-])cc1Oc1ccc(Cl)cc1C=O. The van der Waals surface area contributed by atoms with Gasteiger partial charge in [0.05, 0.1) is 16.6 Å². The van der Waals surface area contributed by atoms with E-state index in [1.54, 1.807) is 32.0 Å². The molecule has 0 saturated heterocycles. The van der Waals surface area contributed by atoms with Crippen LogP contribution in [-0.2, 0) is 0 Å². The Morgan fingerprint density at radius 2 is 1.86 bits per heavy atom. The summed E-state index contributed by atoms with van der Waals surface area (Å²) >= 11 is 5.81. The van der Waals surface area contributed by atoms with Crippen LogP contribution < -0.4 is 4.74 Å². The van der Waals surface area contributed by atoms with Crippen molar-refractivity contribution in [3.05, 3.63) is 62.2 Å². The number of nitrogens with zero attached hydrogens (tertiary/aromatic N) is 1. The summed E-state index contributed by atoms with van der Waals surface area (Å²) in [6, 6.07) is 7.64. The summed E-state index contributed by atoms with van der Waals surface area (Å²) in [5, 5.41) is 11.4. The number of carbonyl (C=O) groups is 1. The maximum absolute atomic E-state index is 11.0. The molecular weight excluding hydrogens is 294 g/mol. The highest BCUT2D eigenvalue weighted by Gasteiger charge is 2.16. The van der Waals surface area contributed by atoms with Gasteiger partial charge in [0.1, 0.15) is 11.5 Å². The molecule has 0 spiro atoms. The minimum Gasteiger partial charge on any atom is -0.456 e. The molecule has 6 heteroatoms. The minimum atomic E-state index is -0.468. The van der Waals surface area contributed by atoms with Crippen molar-refractivity contribution in [1.29, 1.82) is 0 Å². The number of aldehydes is 1. The lowest BCUT2D eigenvalue weighted by atomic mass is 10.1. The van der Waals surface area contributed by atoms with Crippen molar-refractivity contribution in [2.75, 3.05) is 0 Å². The first-order valence-electron chi connectivity index (χ1n) is 6.10. The van der Waals surface area contributed by atoms with E-state index in [1.807, 2.05) is 0 Å². The van der Waals surface area contributed by atoms with Crippen LogP contribution in [0.4, 0.5) is 5.69 Å². The lowest BCUT2D eigenvalue weighted by Crippen LogP contribution is -1.97. The molecule has 2 aromatic rings. The van der Waals surface area contributed by atoms with E-state index in [4.69, 9.17) is 16.3 Å². The van der Waals surface area contributed by atoms with Gasteiger partial charge in [-0.15, -0.1) is 0 Å². The van der Waals surface area contributed by atoms with Gasteiger partial charge in [0, 0.05) is 10.6 Å². The Bertz CT molecular complexity index is 728. The van der Waals surface area contributed by atoms with E-state index in [0.717, 1.165) is 5.56 Å². The Hall–Kier alpha value is -2.40. The fourth-order valence-electron chi connectivity index (χ4n) is 1.95. The zero-order valence-corrected chi connectivity index (χ0v) is 12.2. The second-order valence-corrected chi connectivity index (χ2v) is 5.00. The normalized spacial score (nSPS) is 10.2. The molecule has 2 aromatic carbocycles. The first-order chi connectivity index (χ1) is 9.92. The molecular formula is C15H12ClNO4. The summed E-state index contributed by atoms with van der Waals surface area (Å²) in [4.78, 5) is 21.6.